The van der Waals surface area contributed by atoms with Gasteiger partial charge in [0.1, 0.15) is 10.8 Å². The topological polar surface area (TPSA) is 28.6 Å². The fraction of sp³-hybridized carbons (Fsp3) is 0.542. The maximum absolute atomic E-state index is 5.31. The second-order valence-electron chi connectivity index (χ2n) is 8.24. The van der Waals surface area contributed by atoms with E-state index in [0.29, 0.717) is 0 Å². The number of benzene rings is 1. The molecule has 1 aliphatic heterocycles. The predicted octanol–water partition coefficient (Wildman–Crippen LogP) is 5.08. The Bertz CT molecular complexity index is 751. The maximum atomic E-state index is 5.31. The lowest BCUT2D eigenvalue weighted by Crippen LogP contribution is -2.49. The van der Waals surface area contributed by atoms with E-state index in [9.17, 15) is 0 Å². The second kappa shape index (κ2) is 10.5. The van der Waals surface area contributed by atoms with Crippen LogP contribution in [0.4, 0.5) is 0 Å². The minimum absolute atomic E-state index is 0.842. The van der Waals surface area contributed by atoms with E-state index < -0.39 is 0 Å². The summed E-state index contributed by atoms with van der Waals surface area (Å²) < 4.78 is 5.31. The Morgan fingerprint density at radius 1 is 1.00 bits per heavy atom. The van der Waals surface area contributed by atoms with Crippen molar-refractivity contribution in [1.29, 1.82) is 0 Å². The molecule has 0 bridgehead atoms. The van der Waals surface area contributed by atoms with Crippen LogP contribution in [0.3, 0.4) is 0 Å². The van der Waals surface area contributed by atoms with E-state index >= 15 is 0 Å². The average Bonchev–Trinajstić information content (AvgIpc) is 3.05. The van der Waals surface area contributed by atoms with Crippen LogP contribution in [0.1, 0.15) is 44.1 Å². The van der Waals surface area contributed by atoms with Gasteiger partial charge in [-0.05, 0) is 42.7 Å². The normalized spacial score (nSPS) is 19.8. The van der Waals surface area contributed by atoms with Gasteiger partial charge in [-0.3, -0.25) is 9.80 Å². The smallest absolute Gasteiger partial charge is 0.119 e. The Labute approximate surface area is 179 Å². The van der Waals surface area contributed by atoms with E-state index in [1.165, 1.54) is 70.3 Å². The summed E-state index contributed by atoms with van der Waals surface area (Å²) in [5.41, 5.74) is 1.31. The van der Waals surface area contributed by atoms with Crippen LogP contribution in [-0.2, 0) is 6.54 Å². The highest BCUT2D eigenvalue weighted by atomic mass is 32.2. The molecule has 0 spiro atoms. The first kappa shape index (κ1) is 20.7. The van der Waals surface area contributed by atoms with E-state index in [-0.39, 0.29) is 0 Å². The first-order valence-corrected chi connectivity index (χ1v) is 11.8. The first-order chi connectivity index (χ1) is 14.3. The predicted molar refractivity (Wildman–Crippen MR) is 120 cm³/mol. The number of rotatable bonds is 6. The molecule has 0 amide bonds. The van der Waals surface area contributed by atoms with Gasteiger partial charge >= 0.3 is 0 Å². The molecule has 156 valence electrons. The zero-order valence-electron chi connectivity index (χ0n) is 17.6. The third kappa shape index (κ3) is 5.97. The molecule has 1 aromatic heterocycles. The largest absolute Gasteiger partial charge is 0.497 e. The Morgan fingerprint density at radius 3 is 2.48 bits per heavy atom. The molecule has 2 fully saturated rings. The van der Waals surface area contributed by atoms with Gasteiger partial charge in [-0.15, -0.1) is 0 Å². The highest BCUT2D eigenvalue weighted by Crippen LogP contribution is 2.29. The van der Waals surface area contributed by atoms with Crippen molar-refractivity contribution in [2.75, 3.05) is 33.3 Å². The molecule has 2 heterocycles. The molecule has 4 nitrogen and oxygen atoms in total. The lowest BCUT2D eigenvalue weighted by molar-refractivity contribution is 0.0850. The van der Waals surface area contributed by atoms with Crippen molar-refractivity contribution in [2.24, 2.45) is 0 Å². The van der Waals surface area contributed by atoms with Gasteiger partial charge in [-0.25, -0.2) is 4.98 Å². The van der Waals surface area contributed by atoms with Crippen molar-refractivity contribution in [1.82, 2.24) is 14.8 Å². The Balaban J connectivity index is 1.26. The second-order valence-corrected chi connectivity index (χ2v) is 9.34. The van der Waals surface area contributed by atoms with Crippen LogP contribution in [0, 0.1) is 0 Å². The molecule has 5 heteroatoms. The van der Waals surface area contributed by atoms with Crippen molar-refractivity contribution in [3.63, 3.8) is 0 Å². The number of ether oxygens (including phenoxy) is 1. The summed E-state index contributed by atoms with van der Waals surface area (Å²) in [4.78, 5) is 11.2. The highest BCUT2D eigenvalue weighted by Gasteiger charge is 2.24. The van der Waals surface area contributed by atoms with Crippen LogP contribution in [0.25, 0.3) is 0 Å². The molecular formula is C24H33N3OS. The van der Waals surface area contributed by atoms with E-state index in [1.807, 2.05) is 24.4 Å². The zero-order chi connectivity index (χ0) is 19.9. The molecule has 1 aliphatic carbocycles. The van der Waals surface area contributed by atoms with E-state index in [2.05, 4.69) is 33.0 Å². The minimum Gasteiger partial charge on any atom is -0.497 e. The molecule has 4 rings (SSSR count). The Morgan fingerprint density at radius 2 is 1.79 bits per heavy atom. The number of hydrogen-bond acceptors (Lipinski definition) is 5. The number of aromatic nitrogens is 1. The van der Waals surface area contributed by atoms with Crippen LogP contribution in [0.5, 0.6) is 5.75 Å². The van der Waals surface area contributed by atoms with Crippen molar-refractivity contribution in [3.05, 3.63) is 48.2 Å². The van der Waals surface area contributed by atoms with Crippen LogP contribution in [-0.4, -0.2) is 54.1 Å². The molecule has 0 N–H and O–H groups in total. The third-order valence-corrected chi connectivity index (χ3v) is 7.16. The molecule has 2 aromatic rings. The van der Waals surface area contributed by atoms with Gasteiger partial charge in [0.25, 0.3) is 0 Å². The minimum atomic E-state index is 0.842. The van der Waals surface area contributed by atoms with Crippen LogP contribution in [0.15, 0.2) is 52.5 Å². The Hall–Kier alpha value is -1.56. The number of pyridine rings is 1. The molecule has 0 atom stereocenters. The summed E-state index contributed by atoms with van der Waals surface area (Å²) in [6.45, 7) is 5.81. The van der Waals surface area contributed by atoms with Gasteiger partial charge in [0.15, 0.2) is 0 Å². The fourth-order valence-corrected chi connectivity index (χ4v) is 5.32. The summed E-state index contributed by atoms with van der Waals surface area (Å²) in [7, 11) is 1.70. The maximum Gasteiger partial charge on any atom is 0.119 e. The van der Waals surface area contributed by atoms with Gasteiger partial charge < -0.3 is 4.74 Å². The fourth-order valence-electron chi connectivity index (χ4n) is 4.52. The number of nitrogens with zero attached hydrogens (tertiary/aromatic N) is 3. The summed E-state index contributed by atoms with van der Waals surface area (Å²) in [5, 5.41) is 1.03. The van der Waals surface area contributed by atoms with Crippen LogP contribution >= 0.6 is 11.8 Å². The lowest BCUT2D eigenvalue weighted by atomic mass is 10.1. The van der Waals surface area contributed by atoms with Gasteiger partial charge in [0, 0.05) is 49.9 Å². The molecule has 1 saturated carbocycles. The third-order valence-electron chi connectivity index (χ3n) is 6.22. The van der Waals surface area contributed by atoms with Crippen molar-refractivity contribution in [2.45, 2.75) is 61.0 Å². The van der Waals surface area contributed by atoms with Crippen molar-refractivity contribution >= 4 is 11.8 Å². The zero-order valence-corrected chi connectivity index (χ0v) is 18.4. The molecule has 29 heavy (non-hydrogen) atoms. The van der Waals surface area contributed by atoms with Crippen LogP contribution < -0.4 is 4.74 Å². The Kier molecular flexibility index (Phi) is 7.47. The number of piperazine rings is 1. The SMILES string of the molecule is COc1cccc(Sc2ccc(CN3CCN(C4CCCCCC4)CC3)cn2)c1. The van der Waals surface area contributed by atoms with Gasteiger partial charge in [-0.2, -0.15) is 0 Å². The molecule has 2 aliphatic rings. The highest BCUT2D eigenvalue weighted by molar-refractivity contribution is 7.99. The van der Waals surface area contributed by atoms with Gasteiger partial charge in [-0.1, -0.05) is 49.6 Å². The summed E-state index contributed by atoms with van der Waals surface area (Å²) in [5.74, 6) is 0.884. The molecule has 0 unspecified atom stereocenters. The van der Waals surface area contributed by atoms with E-state index in [0.717, 1.165) is 28.3 Å². The van der Waals surface area contributed by atoms with Crippen molar-refractivity contribution < 1.29 is 4.74 Å². The lowest BCUT2D eigenvalue weighted by Gasteiger charge is -2.39. The van der Waals surface area contributed by atoms with E-state index in [1.54, 1.807) is 18.9 Å². The number of hydrogen-bond donors (Lipinski definition) is 0. The molecule has 0 radical (unpaired) electrons. The average molecular weight is 412 g/mol. The summed E-state index contributed by atoms with van der Waals surface area (Å²) >= 11 is 1.68. The first-order valence-electron chi connectivity index (χ1n) is 11.0. The summed E-state index contributed by atoms with van der Waals surface area (Å²) in [6.07, 6.45) is 10.6. The monoisotopic (exact) mass is 411 g/mol. The molecule has 1 saturated heterocycles. The van der Waals surface area contributed by atoms with Gasteiger partial charge in [0.05, 0.1) is 7.11 Å². The summed E-state index contributed by atoms with van der Waals surface area (Å²) in [6, 6.07) is 13.3. The number of methoxy groups -OCH3 is 1. The molecule has 1 aromatic carbocycles. The molecular weight excluding hydrogens is 378 g/mol. The van der Waals surface area contributed by atoms with E-state index in [4.69, 9.17) is 4.74 Å². The van der Waals surface area contributed by atoms with Crippen molar-refractivity contribution in [3.8, 4) is 5.75 Å². The van der Waals surface area contributed by atoms with Gasteiger partial charge in [0.2, 0.25) is 0 Å². The van der Waals surface area contributed by atoms with Crippen LogP contribution in [0.2, 0.25) is 0 Å². The standard InChI is InChI=1S/C24H33N3OS/c1-28-22-9-6-10-23(17-22)29-24-12-11-20(18-25-24)19-26-13-15-27(16-14-26)21-7-4-2-3-5-8-21/h6,9-12,17-18,21H,2-5,7-8,13-16,19H2,1H3. The quantitative estimate of drug-likeness (QED) is 0.618.